The number of methoxy groups -OCH3 is 1. The maximum Gasteiger partial charge on any atom is 0.203 e. The van der Waals surface area contributed by atoms with Crippen molar-refractivity contribution >= 4 is 39.6 Å². The molecule has 0 saturated carbocycles. The third kappa shape index (κ3) is 3.52. The predicted molar refractivity (Wildman–Crippen MR) is 88.0 cm³/mol. The Morgan fingerprint density at radius 3 is 3.00 bits per heavy atom. The van der Waals surface area contributed by atoms with Crippen molar-refractivity contribution in [3.8, 4) is 16.3 Å². The lowest BCUT2D eigenvalue weighted by Crippen LogP contribution is -1.84. The van der Waals surface area contributed by atoms with E-state index in [1.54, 1.807) is 30.2 Å². The van der Waals surface area contributed by atoms with Crippen molar-refractivity contribution in [3.63, 3.8) is 0 Å². The molecule has 3 aromatic rings. The fourth-order valence-electron chi connectivity index (χ4n) is 1.68. The Labute approximate surface area is 134 Å². The number of aromatic nitrogens is 3. The molecule has 3 rings (SSSR count). The molecule has 108 valence electrons. The van der Waals surface area contributed by atoms with E-state index in [1.807, 2.05) is 24.3 Å². The van der Waals surface area contributed by atoms with E-state index in [9.17, 15) is 0 Å². The summed E-state index contributed by atoms with van der Waals surface area (Å²) in [6, 6.07) is 7.91. The highest BCUT2D eigenvalue weighted by atomic mass is 32.2. The summed E-state index contributed by atoms with van der Waals surface area (Å²) in [7, 11) is 1.66. The lowest BCUT2D eigenvalue weighted by Gasteiger charge is -2.01. The Bertz CT molecular complexity index is 740. The molecule has 0 spiro atoms. The fraction of sp³-hybridized carbons (Fsp3) is 0.154. The van der Waals surface area contributed by atoms with Gasteiger partial charge in [-0.3, -0.25) is 0 Å². The van der Waals surface area contributed by atoms with Crippen LogP contribution in [0.25, 0.3) is 10.6 Å². The highest BCUT2D eigenvalue weighted by molar-refractivity contribution is 8.00. The number of thioether (sulfide) groups is 1. The van der Waals surface area contributed by atoms with E-state index in [-0.39, 0.29) is 0 Å². The predicted octanol–water partition coefficient (Wildman–Crippen LogP) is 3.54. The summed E-state index contributed by atoms with van der Waals surface area (Å²) in [5.74, 6) is 1.60. The molecule has 2 heterocycles. The van der Waals surface area contributed by atoms with Gasteiger partial charge in [0.25, 0.3) is 0 Å². The van der Waals surface area contributed by atoms with Gasteiger partial charge < -0.3 is 10.5 Å². The molecule has 0 unspecified atom stereocenters. The zero-order valence-corrected chi connectivity index (χ0v) is 13.6. The van der Waals surface area contributed by atoms with E-state index in [2.05, 4.69) is 20.6 Å². The average molecular weight is 336 g/mol. The van der Waals surface area contributed by atoms with Crippen LogP contribution in [0.5, 0.6) is 5.75 Å². The largest absolute Gasteiger partial charge is 0.497 e. The number of nitrogen functional groups attached to an aromatic ring is 1. The molecule has 2 aromatic heterocycles. The second kappa shape index (κ2) is 6.42. The van der Waals surface area contributed by atoms with Crippen LogP contribution in [0.4, 0.5) is 5.13 Å². The zero-order valence-electron chi connectivity index (χ0n) is 11.1. The Kier molecular flexibility index (Phi) is 4.37. The first-order chi connectivity index (χ1) is 10.2. The van der Waals surface area contributed by atoms with Crippen molar-refractivity contribution in [3.05, 3.63) is 35.3 Å². The van der Waals surface area contributed by atoms with Gasteiger partial charge in [-0.1, -0.05) is 35.2 Å². The van der Waals surface area contributed by atoms with Crippen molar-refractivity contribution in [1.29, 1.82) is 0 Å². The van der Waals surface area contributed by atoms with Crippen LogP contribution in [0.15, 0.2) is 34.0 Å². The molecule has 0 aliphatic heterocycles. The van der Waals surface area contributed by atoms with E-state index in [1.165, 1.54) is 11.3 Å². The van der Waals surface area contributed by atoms with Crippen molar-refractivity contribution in [1.82, 2.24) is 15.2 Å². The van der Waals surface area contributed by atoms with Crippen LogP contribution in [0.3, 0.4) is 0 Å². The number of hydrogen-bond acceptors (Lipinski definition) is 8. The summed E-state index contributed by atoms with van der Waals surface area (Å²) >= 11 is 4.61. The standard InChI is InChI=1S/C13H12N4OS3/c1-18-10-4-2-3-8(5-10)11-15-9(6-19-11)7-20-13-17-16-12(14)21-13/h2-6H,7H2,1H3,(H2,14,16). The Morgan fingerprint density at radius 2 is 2.24 bits per heavy atom. The molecule has 0 aliphatic carbocycles. The van der Waals surface area contributed by atoms with E-state index in [0.717, 1.165) is 32.1 Å². The van der Waals surface area contributed by atoms with Crippen LogP contribution in [-0.2, 0) is 5.75 Å². The average Bonchev–Trinajstić information content (AvgIpc) is 3.14. The molecule has 1 aromatic carbocycles. The highest BCUT2D eigenvalue weighted by Gasteiger charge is 2.08. The number of thiazole rings is 1. The Hall–Kier alpha value is -1.64. The normalized spacial score (nSPS) is 10.7. The fourth-order valence-corrected chi connectivity index (χ4v) is 4.13. The maximum absolute atomic E-state index is 5.56. The van der Waals surface area contributed by atoms with E-state index in [0.29, 0.717) is 5.13 Å². The summed E-state index contributed by atoms with van der Waals surface area (Å²) < 4.78 is 6.10. The van der Waals surface area contributed by atoms with Gasteiger partial charge in [-0.15, -0.1) is 21.5 Å². The highest BCUT2D eigenvalue weighted by Crippen LogP contribution is 2.30. The van der Waals surface area contributed by atoms with Gasteiger partial charge in [0.2, 0.25) is 5.13 Å². The van der Waals surface area contributed by atoms with Crippen molar-refractivity contribution in [2.45, 2.75) is 10.1 Å². The van der Waals surface area contributed by atoms with Crippen LogP contribution in [0, 0.1) is 0 Å². The van der Waals surface area contributed by atoms with Crippen molar-refractivity contribution < 1.29 is 4.74 Å². The minimum atomic E-state index is 0.493. The van der Waals surface area contributed by atoms with Crippen LogP contribution < -0.4 is 10.5 Å². The lowest BCUT2D eigenvalue weighted by atomic mass is 10.2. The summed E-state index contributed by atoms with van der Waals surface area (Å²) in [4.78, 5) is 4.65. The third-order valence-corrected chi connectivity index (χ3v) is 5.49. The summed E-state index contributed by atoms with van der Waals surface area (Å²) in [6.45, 7) is 0. The second-order valence-corrected chi connectivity index (χ2v) is 7.16. The van der Waals surface area contributed by atoms with E-state index < -0.39 is 0 Å². The van der Waals surface area contributed by atoms with Crippen LogP contribution in [0.1, 0.15) is 5.69 Å². The number of ether oxygens (including phenoxy) is 1. The summed E-state index contributed by atoms with van der Waals surface area (Å²) in [5.41, 5.74) is 7.65. The minimum Gasteiger partial charge on any atom is -0.497 e. The van der Waals surface area contributed by atoms with E-state index in [4.69, 9.17) is 10.5 Å². The monoisotopic (exact) mass is 336 g/mol. The first kappa shape index (κ1) is 14.3. The zero-order chi connectivity index (χ0) is 14.7. The molecule has 0 atom stereocenters. The Balaban J connectivity index is 1.70. The molecule has 0 radical (unpaired) electrons. The van der Waals surface area contributed by atoms with Crippen molar-refractivity contribution in [2.75, 3.05) is 12.8 Å². The molecule has 0 saturated heterocycles. The van der Waals surface area contributed by atoms with Gasteiger partial charge in [-0.25, -0.2) is 4.98 Å². The smallest absolute Gasteiger partial charge is 0.203 e. The topological polar surface area (TPSA) is 73.9 Å². The third-order valence-electron chi connectivity index (χ3n) is 2.63. The van der Waals surface area contributed by atoms with Crippen LogP contribution >= 0.6 is 34.4 Å². The molecule has 8 heteroatoms. The summed E-state index contributed by atoms with van der Waals surface area (Å²) in [5, 5.41) is 11.3. The number of anilines is 1. The van der Waals surface area contributed by atoms with Gasteiger partial charge in [-0.05, 0) is 12.1 Å². The molecule has 0 aliphatic rings. The SMILES string of the molecule is COc1cccc(-c2nc(CSc3nnc(N)s3)cs2)c1. The number of rotatable bonds is 5. The molecular weight excluding hydrogens is 324 g/mol. The first-order valence-corrected chi connectivity index (χ1v) is 8.73. The minimum absolute atomic E-state index is 0.493. The number of nitrogens with two attached hydrogens (primary N) is 1. The van der Waals surface area contributed by atoms with Gasteiger partial charge in [0.15, 0.2) is 4.34 Å². The van der Waals surface area contributed by atoms with Crippen LogP contribution in [-0.4, -0.2) is 22.3 Å². The lowest BCUT2D eigenvalue weighted by molar-refractivity contribution is 0.415. The molecule has 21 heavy (non-hydrogen) atoms. The molecular formula is C13H12N4OS3. The van der Waals surface area contributed by atoms with Gasteiger partial charge in [0, 0.05) is 16.7 Å². The number of nitrogens with zero attached hydrogens (tertiary/aromatic N) is 3. The summed E-state index contributed by atoms with van der Waals surface area (Å²) in [6.07, 6.45) is 0. The molecule has 5 nitrogen and oxygen atoms in total. The number of hydrogen-bond donors (Lipinski definition) is 1. The van der Waals surface area contributed by atoms with Gasteiger partial charge in [0.05, 0.1) is 12.8 Å². The van der Waals surface area contributed by atoms with Gasteiger partial charge in [-0.2, -0.15) is 0 Å². The van der Waals surface area contributed by atoms with Crippen LogP contribution in [0.2, 0.25) is 0 Å². The first-order valence-electron chi connectivity index (χ1n) is 6.05. The second-order valence-electron chi connectivity index (χ2n) is 4.07. The van der Waals surface area contributed by atoms with Gasteiger partial charge in [0.1, 0.15) is 10.8 Å². The Morgan fingerprint density at radius 1 is 1.33 bits per heavy atom. The molecule has 0 amide bonds. The molecule has 0 bridgehead atoms. The van der Waals surface area contributed by atoms with E-state index >= 15 is 0 Å². The number of benzene rings is 1. The van der Waals surface area contributed by atoms with Crippen molar-refractivity contribution in [2.24, 2.45) is 0 Å². The molecule has 0 fully saturated rings. The maximum atomic E-state index is 5.56. The van der Waals surface area contributed by atoms with Gasteiger partial charge >= 0.3 is 0 Å². The molecule has 2 N–H and O–H groups in total. The quantitative estimate of drug-likeness (QED) is 0.718.